The highest BCUT2D eigenvalue weighted by Gasteiger charge is 2.35. The van der Waals surface area contributed by atoms with Crippen molar-refractivity contribution in [3.8, 4) is 0 Å². The highest BCUT2D eigenvalue weighted by molar-refractivity contribution is 5.81. The van der Waals surface area contributed by atoms with Crippen LogP contribution in [0.2, 0.25) is 0 Å². The molecule has 6 nitrogen and oxygen atoms in total. The molecule has 1 heterocycles. The van der Waals surface area contributed by atoms with Crippen LogP contribution in [0.15, 0.2) is 0 Å². The summed E-state index contributed by atoms with van der Waals surface area (Å²) in [6.07, 6.45) is 2.34. The van der Waals surface area contributed by atoms with Gasteiger partial charge in [-0.3, -0.25) is 14.4 Å². The molecule has 0 aromatic carbocycles. The zero-order chi connectivity index (χ0) is 18.3. The summed E-state index contributed by atoms with van der Waals surface area (Å²) in [7, 11) is 0. The van der Waals surface area contributed by atoms with E-state index in [4.69, 9.17) is 0 Å². The maximum Gasteiger partial charge on any atom is 0.227 e. The van der Waals surface area contributed by atoms with E-state index in [9.17, 15) is 14.4 Å². The molecule has 1 rings (SSSR count). The molecule has 1 aliphatic heterocycles. The number of likely N-dealkylation sites (tertiary alicyclic amines) is 1. The van der Waals surface area contributed by atoms with E-state index >= 15 is 0 Å². The van der Waals surface area contributed by atoms with Crippen molar-refractivity contribution < 1.29 is 14.4 Å². The highest BCUT2D eigenvalue weighted by Crippen LogP contribution is 2.31. The van der Waals surface area contributed by atoms with Crippen LogP contribution in [0.3, 0.4) is 0 Å². The van der Waals surface area contributed by atoms with E-state index in [1.807, 2.05) is 25.7 Å². The Morgan fingerprint density at radius 1 is 1.08 bits per heavy atom. The van der Waals surface area contributed by atoms with Gasteiger partial charge in [-0.2, -0.15) is 0 Å². The fourth-order valence-corrected chi connectivity index (χ4v) is 3.22. The number of nitrogens with zero attached hydrogens (tertiary/aromatic N) is 1. The molecule has 6 heteroatoms. The van der Waals surface area contributed by atoms with Crippen molar-refractivity contribution in [2.24, 2.45) is 17.3 Å². The van der Waals surface area contributed by atoms with Gasteiger partial charge in [0.1, 0.15) is 0 Å². The smallest absolute Gasteiger partial charge is 0.227 e. The normalized spacial score (nSPS) is 21.3. The fraction of sp³-hybridized carbons (Fsp3) is 0.833. The summed E-state index contributed by atoms with van der Waals surface area (Å²) in [6.45, 7) is 11.8. The SMILES string of the molecule is CC[C@H]1CN(C(=O)C(C)(C)C)CC[C@H]1CC(=O)NCCNC(C)=O. The van der Waals surface area contributed by atoms with Crippen LogP contribution < -0.4 is 10.6 Å². The first-order valence-electron chi connectivity index (χ1n) is 8.95. The molecule has 0 aromatic rings. The predicted molar refractivity (Wildman–Crippen MR) is 94.2 cm³/mol. The van der Waals surface area contributed by atoms with Crippen LogP contribution in [0.5, 0.6) is 0 Å². The minimum absolute atomic E-state index is 0.0272. The van der Waals surface area contributed by atoms with Crippen molar-refractivity contribution in [2.75, 3.05) is 26.2 Å². The van der Waals surface area contributed by atoms with E-state index in [2.05, 4.69) is 17.6 Å². The lowest BCUT2D eigenvalue weighted by atomic mass is 9.80. The van der Waals surface area contributed by atoms with Gasteiger partial charge in [0.05, 0.1) is 0 Å². The lowest BCUT2D eigenvalue weighted by Gasteiger charge is -2.40. The molecule has 0 aliphatic carbocycles. The van der Waals surface area contributed by atoms with Crippen LogP contribution in [0.4, 0.5) is 0 Å². The van der Waals surface area contributed by atoms with Crippen LogP contribution in [0, 0.1) is 17.3 Å². The van der Waals surface area contributed by atoms with Gasteiger partial charge in [-0.1, -0.05) is 34.1 Å². The molecule has 0 unspecified atom stereocenters. The number of rotatable bonds is 6. The average molecular weight is 339 g/mol. The first kappa shape index (κ1) is 20.5. The second kappa shape index (κ2) is 9.04. The Kier molecular flexibility index (Phi) is 7.70. The predicted octanol–water partition coefficient (Wildman–Crippen LogP) is 1.55. The number of piperidine rings is 1. The maximum atomic E-state index is 12.5. The van der Waals surface area contributed by atoms with Crippen LogP contribution >= 0.6 is 0 Å². The molecule has 138 valence electrons. The van der Waals surface area contributed by atoms with Gasteiger partial charge in [-0.05, 0) is 18.3 Å². The average Bonchev–Trinajstić information content (AvgIpc) is 2.50. The first-order chi connectivity index (χ1) is 11.1. The van der Waals surface area contributed by atoms with Gasteiger partial charge in [-0.15, -0.1) is 0 Å². The third kappa shape index (κ3) is 6.49. The molecule has 0 bridgehead atoms. The summed E-state index contributed by atoms with van der Waals surface area (Å²) in [5.41, 5.74) is -0.355. The third-order valence-corrected chi connectivity index (χ3v) is 4.61. The quantitative estimate of drug-likeness (QED) is 0.721. The highest BCUT2D eigenvalue weighted by atomic mass is 16.2. The minimum Gasteiger partial charge on any atom is -0.355 e. The molecule has 1 fully saturated rings. The summed E-state index contributed by atoms with van der Waals surface area (Å²) in [6, 6.07) is 0. The monoisotopic (exact) mass is 339 g/mol. The Labute approximate surface area is 145 Å². The van der Waals surface area contributed by atoms with Gasteiger partial charge in [-0.25, -0.2) is 0 Å². The molecular formula is C18H33N3O3. The molecule has 0 spiro atoms. The van der Waals surface area contributed by atoms with Gasteiger partial charge in [0, 0.05) is 44.9 Å². The summed E-state index contributed by atoms with van der Waals surface area (Å²) in [5.74, 6) is 0.815. The third-order valence-electron chi connectivity index (χ3n) is 4.61. The molecule has 0 saturated carbocycles. The van der Waals surface area contributed by atoms with E-state index < -0.39 is 0 Å². The lowest BCUT2D eigenvalue weighted by molar-refractivity contribution is -0.142. The second-order valence-corrected chi connectivity index (χ2v) is 7.76. The number of hydrogen-bond acceptors (Lipinski definition) is 3. The Hall–Kier alpha value is -1.59. The zero-order valence-electron chi connectivity index (χ0n) is 15.8. The molecular weight excluding hydrogens is 306 g/mol. The van der Waals surface area contributed by atoms with Crippen LogP contribution in [-0.4, -0.2) is 48.8 Å². The van der Waals surface area contributed by atoms with Gasteiger partial charge in [0.25, 0.3) is 0 Å². The van der Waals surface area contributed by atoms with E-state index in [0.29, 0.717) is 31.3 Å². The zero-order valence-corrected chi connectivity index (χ0v) is 15.8. The van der Waals surface area contributed by atoms with Crippen molar-refractivity contribution in [1.82, 2.24) is 15.5 Å². The molecule has 1 aliphatic rings. The van der Waals surface area contributed by atoms with Crippen molar-refractivity contribution in [2.45, 2.75) is 53.9 Å². The second-order valence-electron chi connectivity index (χ2n) is 7.76. The maximum absolute atomic E-state index is 12.5. The van der Waals surface area contributed by atoms with Crippen LogP contribution in [-0.2, 0) is 14.4 Å². The summed E-state index contributed by atoms with van der Waals surface area (Å²) >= 11 is 0. The van der Waals surface area contributed by atoms with Crippen molar-refractivity contribution >= 4 is 17.7 Å². The number of carbonyl (C=O) groups is 3. The van der Waals surface area contributed by atoms with Crippen LogP contribution in [0.25, 0.3) is 0 Å². The summed E-state index contributed by atoms with van der Waals surface area (Å²) < 4.78 is 0. The largest absolute Gasteiger partial charge is 0.355 e. The van der Waals surface area contributed by atoms with E-state index in [1.165, 1.54) is 6.92 Å². The van der Waals surface area contributed by atoms with Crippen LogP contribution in [0.1, 0.15) is 53.9 Å². The van der Waals surface area contributed by atoms with E-state index in [0.717, 1.165) is 25.9 Å². The Morgan fingerprint density at radius 2 is 1.71 bits per heavy atom. The summed E-state index contributed by atoms with van der Waals surface area (Å²) in [4.78, 5) is 37.3. The number of amides is 3. The fourth-order valence-electron chi connectivity index (χ4n) is 3.22. The van der Waals surface area contributed by atoms with E-state index in [-0.39, 0.29) is 23.1 Å². The van der Waals surface area contributed by atoms with Gasteiger partial charge < -0.3 is 15.5 Å². The Morgan fingerprint density at radius 3 is 2.25 bits per heavy atom. The van der Waals surface area contributed by atoms with Crippen molar-refractivity contribution in [3.63, 3.8) is 0 Å². The number of nitrogens with one attached hydrogen (secondary N) is 2. The lowest BCUT2D eigenvalue weighted by Crippen LogP contribution is -2.48. The minimum atomic E-state index is -0.355. The molecule has 0 aromatic heterocycles. The molecule has 24 heavy (non-hydrogen) atoms. The van der Waals surface area contributed by atoms with E-state index in [1.54, 1.807) is 0 Å². The Balaban J connectivity index is 2.46. The molecule has 2 atom stereocenters. The standard InChI is InChI=1S/C18H33N3O3/c1-6-14-12-21(17(24)18(3,4)5)10-7-15(14)11-16(23)20-9-8-19-13(2)22/h14-15H,6-12H2,1-5H3,(H,19,22)(H,20,23)/t14-,15-/m0/s1. The topological polar surface area (TPSA) is 78.5 Å². The molecule has 0 radical (unpaired) electrons. The first-order valence-corrected chi connectivity index (χ1v) is 8.95. The Bertz CT molecular complexity index is 457. The summed E-state index contributed by atoms with van der Waals surface area (Å²) in [5, 5.41) is 5.51. The molecule has 1 saturated heterocycles. The number of carbonyl (C=O) groups excluding carboxylic acids is 3. The number of hydrogen-bond donors (Lipinski definition) is 2. The van der Waals surface area contributed by atoms with Gasteiger partial charge >= 0.3 is 0 Å². The molecule has 3 amide bonds. The van der Waals surface area contributed by atoms with Crippen molar-refractivity contribution in [3.05, 3.63) is 0 Å². The van der Waals surface area contributed by atoms with Gasteiger partial charge in [0.15, 0.2) is 0 Å². The van der Waals surface area contributed by atoms with Gasteiger partial charge in [0.2, 0.25) is 17.7 Å². The van der Waals surface area contributed by atoms with Crippen molar-refractivity contribution in [1.29, 1.82) is 0 Å². The molecule has 2 N–H and O–H groups in total.